The molecule has 0 aliphatic rings. The normalized spacial score (nSPS) is 12.4. The summed E-state index contributed by atoms with van der Waals surface area (Å²) in [5.41, 5.74) is 4.34. The molecule has 0 aromatic carbocycles. The van der Waals surface area contributed by atoms with Gasteiger partial charge in [0.2, 0.25) is 5.91 Å². The van der Waals surface area contributed by atoms with Crippen LogP contribution in [0.1, 0.15) is 61.7 Å². The summed E-state index contributed by atoms with van der Waals surface area (Å²) < 4.78 is 1.86. The van der Waals surface area contributed by atoms with Crippen LogP contribution < -0.4 is 5.32 Å². The fourth-order valence-corrected chi connectivity index (χ4v) is 2.86. The molecule has 0 saturated carbocycles. The van der Waals surface area contributed by atoms with Crippen LogP contribution in [-0.4, -0.2) is 25.9 Å². The molecule has 0 aliphatic carbocycles. The van der Waals surface area contributed by atoms with Crippen LogP contribution in [0.15, 0.2) is 6.07 Å². The number of nitrogens with one attached hydrogen (secondary N) is 2. The lowest BCUT2D eigenvalue weighted by molar-refractivity contribution is -0.116. The lowest BCUT2D eigenvalue weighted by Crippen LogP contribution is -2.13. The van der Waals surface area contributed by atoms with E-state index in [1.165, 1.54) is 0 Å². The van der Waals surface area contributed by atoms with Gasteiger partial charge in [0.25, 0.3) is 0 Å². The lowest BCUT2D eigenvalue weighted by Gasteiger charge is -2.05. The third-order valence-corrected chi connectivity index (χ3v) is 4.38. The summed E-state index contributed by atoms with van der Waals surface area (Å²) in [4.78, 5) is 12.1. The van der Waals surface area contributed by atoms with Gasteiger partial charge in [-0.15, -0.1) is 0 Å². The Hall–Kier alpha value is -2.11. The van der Waals surface area contributed by atoms with Crippen LogP contribution >= 0.6 is 0 Å². The summed E-state index contributed by atoms with van der Waals surface area (Å²) in [6.07, 6.45) is 3.36. The highest BCUT2D eigenvalue weighted by molar-refractivity contribution is 5.89. The van der Waals surface area contributed by atoms with Crippen molar-refractivity contribution in [3.63, 3.8) is 0 Å². The van der Waals surface area contributed by atoms with Crippen LogP contribution in [0.2, 0.25) is 0 Å². The molecule has 0 bridgehead atoms. The van der Waals surface area contributed by atoms with E-state index in [2.05, 4.69) is 34.5 Å². The predicted octanol–water partition coefficient (Wildman–Crippen LogP) is 3.23. The van der Waals surface area contributed by atoms with Gasteiger partial charge >= 0.3 is 0 Å². The van der Waals surface area contributed by atoms with Gasteiger partial charge in [0.1, 0.15) is 0 Å². The number of hydrogen-bond acceptors (Lipinski definition) is 3. The summed E-state index contributed by atoms with van der Waals surface area (Å²) in [7, 11) is 1.93. The van der Waals surface area contributed by atoms with E-state index in [1.807, 2.05) is 31.6 Å². The number of H-pyrrole nitrogens is 1. The molecule has 2 N–H and O–H groups in total. The standard InChI is InChI=1S/C17H27N5O/c1-6-7-11(2)15-10-16(20-19-15)18-17(23)9-8-14-12(3)21-22(5)13(14)4/h10-11H,6-9H2,1-5H3,(H2,18,19,20,23)/t11-/m0/s1. The van der Waals surface area contributed by atoms with E-state index in [0.717, 1.165) is 35.5 Å². The molecule has 2 rings (SSSR count). The molecular formula is C17H27N5O. The van der Waals surface area contributed by atoms with Crippen molar-refractivity contribution in [1.29, 1.82) is 0 Å². The third kappa shape index (κ3) is 4.21. The number of rotatable bonds is 7. The van der Waals surface area contributed by atoms with Crippen molar-refractivity contribution in [2.75, 3.05) is 5.32 Å². The van der Waals surface area contributed by atoms with Crippen LogP contribution in [0, 0.1) is 13.8 Å². The molecule has 6 heteroatoms. The second-order valence-electron chi connectivity index (χ2n) is 6.22. The van der Waals surface area contributed by atoms with Gasteiger partial charge in [-0.1, -0.05) is 20.3 Å². The molecule has 0 saturated heterocycles. The van der Waals surface area contributed by atoms with Crippen LogP contribution in [0.4, 0.5) is 5.82 Å². The van der Waals surface area contributed by atoms with E-state index in [9.17, 15) is 4.79 Å². The molecule has 2 aromatic heterocycles. The maximum absolute atomic E-state index is 12.1. The lowest BCUT2D eigenvalue weighted by atomic mass is 10.0. The van der Waals surface area contributed by atoms with Gasteiger partial charge in [-0.05, 0) is 38.2 Å². The summed E-state index contributed by atoms with van der Waals surface area (Å²) >= 11 is 0. The molecule has 2 aromatic rings. The Morgan fingerprint density at radius 1 is 1.43 bits per heavy atom. The Kier molecular flexibility index (Phi) is 5.58. The number of aromatic nitrogens is 4. The Morgan fingerprint density at radius 3 is 2.78 bits per heavy atom. The minimum atomic E-state index is -0.0196. The molecule has 0 spiro atoms. The van der Waals surface area contributed by atoms with Crippen molar-refractivity contribution in [3.05, 3.63) is 28.7 Å². The SMILES string of the molecule is CCC[C@H](C)c1cc(NC(=O)CCc2c(C)nn(C)c2C)n[nH]1. The van der Waals surface area contributed by atoms with Crippen molar-refractivity contribution in [1.82, 2.24) is 20.0 Å². The molecule has 1 atom stereocenters. The van der Waals surface area contributed by atoms with Crippen molar-refractivity contribution in [2.24, 2.45) is 7.05 Å². The molecule has 0 unspecified atom stereocenters. The molecule has 0 aliphatic heterocycles. The number of aryl methyl sites for hydroxylation is 2. The number of nitrogens with zero attached hydrogens (tertiary/aromatic N) is 3. The van der Waals surface area contributed by atoms with E-state index in [1.54, 1.807) is 0 Å². The number of hydrogen-bond donors (Lipinski definition) is 2. The van der Waals surface area contributed by atoms with Crippen LogP contribution in [0.5, 0.6) is 0 Å². The highest BCUT2D eigenvalue weighted by atomic mass is 16.1. The van der Waals surface area contributed by atoms with Gasteiger partial charge in [-0.2, -0.15) is 10.2 Å². The average Bonchev–Trinajstić information content (AvgIpc) is 3.04. The molecule has 0 radical (unpaired) electrons. The van der Waals surface area contributed by atoms with Crippen molar-refractivity contribution in [2.45, 2.75) is 59.3 Å². The molecule has 23 heavy (non-hydrogen) atoms. The average molecular weight is 317 g/mol. The summed E-state index contributed by atoms with van der Waals surface area (Å²) in [5, 5.41) is 14.4. The zero-order chi connectivity index (χ0) is 17.0. The number of amides is 1. The number of aromatic amines is 1. The van der Waals surface area contributed by atoms with E-state index >= 15 is 0 Å². The molecular weight excluding hydrogens is 290 g/mol. The van der Waals surface area contributed by atoms with Gasteiger partial charge in [0.15, 0.2) is 5.82 Å². The fraction of sp³-hybridized carbons (Fsp3) is 0.588. The number of anilines is 1. The maximum Gasteiger partial charge on any atom is 0.225 e. The Morgan fingerprint density at radius 2 is 2.17 bits per heavy atom. The molecule has 2 heterocycles. The van der Waals surface area contributed by atoms with Crippen LogP contribution in [0.25, 0.3) is 0 Å². The van der Waals surface area contributed by atoms with Crippen molar-refractivity contribution in [3.8, 4) is 0 Å². The minimum Gasteiger partial charge on any atom is -0.309 e. The predicted molar refractivity (Wildman–Crippen MR) is 91.5 cm³/mol. The fourth-order valence-electron chi connectivity index (χ4n) is 2.86. The van der Waals surface area contributed by atoms with Crippen molar-refractivity contribution >= 4 is 11.7 Å². The quantitative estimate of drug-likeness (QED) is 0.823. The van der Waals surface area contributed by atoms with E-state index in [0.29, 0.717) is 24.6 Å². The molecule has 1 amide bonds. The molecule has 0 fully saturated rings. The summed E-state index contributed by atoms with van der Waals surface area (Å²) in [6, 6.07) is 1.93. The largest absolute Gasteiger partial charge is 0.309 e. The Balaban J connectivity index is 1.90. The van der Waals surface area contributed by atoms with Crippen molar-refractivity contribution < 1.29 is 4.79 Å². The first kappa shape index (κ1) is 17.2. The topological polar surface area (TPSA) is 75.6 Å². The zero-order valence-corrected chi connectivity index (χ0v) is 14.7. The molecule has 6 nitrogen and oxygen atoms in total. The first-order valence-electron chi connectivity index (χ1n) is 8.26. The zero-order valence-electron chi connectivity index (χ0n) is 14.7. The van der Waals surface area contributed by atoms with Gasteiger partial charge in [-0.25, -0.2) is 0 Å². The van der Waals surface area contributed by atoms with E-state index < -0.39 is 0 Å². The number of carbonyl (C=O) groups excluding carboxylic acids is 1. The second kappa shape index (κ2) is 7.44. The maximum atomic E-state index is 12.1. The monoisotopic (exact) mass is 317 g/mol. The first-order valence-corrected chi connectivity index (χ1v) is 8.26. The second-order valence-corrected chi connectivity index (χ2v) is 6.22. The Labute approximate surface area is 137 Å². The van der Waals surface area contributed by atoms with Crippen LogP contribution in [-0.2, 0) is 18.3 Å². The summed E-state index contributed by atoms with van der Waals surface area (Å²) in [6.45, 7) is 8.34. The van der Waals surface area contributed by atoms with E-state index in [-0.39, 0.29) is 5.91 Å². The third-order valence-electron chi connectivity index (χ3n) is 4.38. The Bertz CT molecular complexity index is 671. The van der Waals surface area contributed by atoms with Gasteiger partial charge in [0.05, 0.1) is 5.69 Å². The van der Waals surface area contributed by atoms with Crippen LogP contribution in [0.3, 0.4) is 0 Å². The highest BCUT2D eigenvalue weighted by Gasteiger charge is 2.13. The van der Waals surface area contributed by atoms with E-state index in [4.69, 9.17) is 0 Å². The number of carbonyl (C=O) groups is 1. The highest BCUT2D eigenvalue weighted by Crippen LogP contribution is 2.21. The molecule has 126 valence electrons. The minimum absolute atomic E-state index is 0.0196. The van der Waals surface area contributed by atoms with Gasteiger partial charge in [-0.3, -0.25) is 14.6 Å². The van der Waals surface area contributed by atoms with Gasteiger partial charge < -0.3 is 5.32 Å². The smallest absolute Gasteiger partial charge is 0.225 e. The first-order chi connectivity index (χ1) is 10.9. The van der Waals surface area contributed by atoms with Gasteiger partial charge in [0, 0.05) is 30.9 Å². The summed E-state index contributed by atoms with van der Waals surface area (Å²) in [5.74, 6) is 1.01.